The number of aromatic nitrogens is 1. The topological polar surface area (TPSA) is 86.7 Å². The number of carbonyl (C=O) groups excluding carboxylic acids is 1. The highest BCUT2D eigenvalue weighted by atomic mass is 32.1. The molecular weight excluding hydrogens is 456 g/mol. The lowest BCUT2D eigenvalue weighted by atomic mass is 10.2. The van der Waals surface area contributed by atoms with Crippen molar-refractivity contribution in [2.75, 3.05) is 37.4 Å². The van der Waals surface area contributed by atoms with Crippen LogP contribution in [0.15, 0.2) is 47.4 Å². The minimum Gasteiger partial charge on any atom is -0.508 e. The van der Waals surface area contributed by atoms with Gasteiger partial charge in [0.2, 0.25) is 0 Å². The summed E-state index contributed by atoms with van der Waals surface area (Å²) < 4.78 is 5.52. The van der Waals surface area contributed by atoms with Crippen molar-refractivity contribution in [2.24, 2.45) is 0 Å². The van der Waals surface area contributed by atoms with Crippen LogP contribution in [0.3, 0.4) is 0 Å². The maximum atomic E-state index is 11.2. The number of aromatic hydroxyl groups is 1. The molecule has 0 saturated heterocycles. The molecule has 0 unspecified atom stereocenters. The highest BCUT2D eigenvalue weighted by molar-refractivity contribution is 7.80. The first-order valence-electron chi connectivity index (χ1n) is 10.9. The fourth-order valence-corrected chi connectivity index (χ4v) is 4.34. The Bertz CT molecular complexity index is 999. The van der Waals surface area contributed by atoms with Crippen LogP contribution < -0.4 is 10.6 Å². The van der Waals surface area contributed by atoms with Gasteiger partial charge in [0, 0.05) is 42.9 Å². The van der Waals surface area contributed by atoms with Crippen molar-refractivity contribution in [1.82, 2.24) is 9.88 Å². The van der Waals surface area contributed by atoms with Gasteiger partial charge in [0.15, 0.2) is 5.13 Å². The molecule has 1 aromatic heterocycles. The average molecular weight is 491 g/mol. The minimum absolute atomic E-state index is 0.00117. The Morgan fingerprint density at radius 2 is 1.82 bits per heavy atom. The molecule has 1 heterocycles. The van der Waals surface area contributed by atoms with Crippen LogP contribution in [0.4, 0.5) is 10.8 Å². The fourth-order valence-electron chi connectivity index (χ4n) is 3.27. The van der Waals surface area contributed by atoms with Crippen molar-refractivity contribution in [3.63, 3.8) is 0 Å². The summed E-state index contributed by atoms with van der Waals surface area (Å²) in [5, 5.41) is 15.8. The molecule has 0 radical (unpaired) electrons. The van der Waals surface area contributed by atoms with E-state index < -0.39 is 0 Å². The van der Waals surface area contributed by atoms with Crippen LogP contribution in [0, 0.1) is 0 Å². The Labute approximate surface area is 205 Å². The van der Waals surface area contributed by atoms with Crippen molar-refractivity contribution < 1.29 is 14.6 Å². The molecule has 3 aromatic rings. The van der Waals surface area contributed by atoms with E-state index in [0.29, 0.717) is 17.2 Å². The number of benzene rings is 2. The number of fused-ring (bicyclic) bond motifs is 1. The number of ether oxygens (including phenoxy) is 1. The Morgan fingerprint density at radius 3 is 2.42 bits per heavy atom. The molecule has 0 aliphatic rings. The van der Waals surface area contributed by atoms with Crippen LogP contribution in [0.5, 0.6) is 5.75 Å². The number of phenolic OH excluding ortho intramolecular Hbond substituents is 1. The van der Waals surface area contributed by atoms with Gasteiger partial charge in [-0.25, -0.2) is 4.98 Å². The third-order valence-electron chi connectivity index (χ3n) is 4.79. The molecule has 0 spiro atoms. The molecule has 0 saturated carbocycles. The van der Waals surface area contributed by atoms with E-state index in [0.717, 1.165) is 33.9 Å². The van der Waals surface area contributed by atoms with Crippen molar-refractivity contribution in [1.29, 1.82) is 0 Å². The summed E-state index contributed by atoms with van der Waals surface area (Å²) in [4.78, 5) is 18.9. The van der Waals surface area contributed by atoms with Gasteiger partial charge in [0.05, 0.1) is 10.2 Å². The van der Waals surface area contributed by atoms with Crippen LogP contribution in [0.1, 0.15) is 27.7 Å². The summed E-state index contributed by atoms with van der Waals surface area (Å²) in [7, 11) is 1.45. The zero-order chi connectivity index (χ0) is 24.4. The lowest BCUT2D eigenvalue weighted by molar-refractivity contribution is -0.119. The maximum absolute atomic E-state index is 11.2. The van der Waals surface area contributed by atoms with Crippen LogP contribution in [0.25, 0.3) is 10.2 Å². The van der Waals surface area contributed by atoms with E-state index in [1.165, 1.54) is 18.4 Å². The van der Waals surface area contributed by atoms with Crippen LogP contribution in [0.2, 0.25) is 0 Å². The second-order valence-electron chi connectivity index (χ2n) is 8.05. The molecular formula is C24H34N4O3S2. The zero-order valence-corrected chi connectivity index (χ0v) is 21.5. The van der Waals surface area contributed by atoms with E-state index in [1.54, 1.807) is 18.2 Å². The average Bonchev–Trinajstić information content (AvgIpc) is 3.13. The molecule has 3 N–H and O–H groups in total. The molecule has 33 heavy (non-hydrogen) atoms. The van der Waals surface area contributed by atoms with Crippen molar-refractivity contribution in [2.45, 2.75) is 44.7 Å². The number of thiol groups is 1. The number of phenols is 1. The van der Waals surface area contributed by atoms with Crippen LogP contribution >= 0.6 is 24.0 Å². The number of amides is 1. The fraction of sp³-hybridized carbons (Fsp3) is 0.417. The molecule has 9 heteroatoms. The van der Waals surface area contributed by atoms with Gasteiger partial charge < -0.3 is 15.2 Å². The number of methoxy groups -OCH3 is 1. The number of nitrogens with one attached hydrogen (secondary N) is 2. The summed E-state index contributed by atoms with van der Waals surface area (Å²) in [5.41, 5.74) is 1.91. The van der Waals surface area contributed by atoms with Gasteiger partial charge in [-0.3, -0.25) is 15.0 Å². The number of hydrogen-bond donors (Lipinski definition) is 4. The predicted octanol–water partition coefficient (Wildman–Crippen LogP) is 5.09. The molecule has 0 bridgehead atoms. The Hall–Kier alpha value is -2.33. The largest absolute Gasteiger partial charge is 0.508 e. The molecule has 0 aliphatic heterocycles. The molecule has 7 nitrogen and oxygen atoms in total. The second kappa shape index (κ2) is 13.4. The van der Waals surface area contributed by atoms with E-state index in [1.807, 2.05) is 12.1 Å². The molecule has 180 valence electrons. The molecule has 2 aromatic carbocycles. The summed E-state index contributed by atoms with van der Waals surface area (Å²) in [6.45, 7) is 11.0. The van der Waals surface area contributed by atoms with E-state index >= 15 is 0 Å². The van der Waals surface area contributed by atoms with Crippen molar-refractivity contribution >= 4 is 50.9 Å². The highest BCUT2D eigenvalue weighted by Crippen LogP contribution is 2.28. The number of anilines is 2. The molecule has 3 rings (SSSR count). The summed E-state index contributed by atoms with van der Waals surface area (Å²) >= 11 is 5.58. The number of thiazole rings is 1. The Kier molecular flexibility index (Phi) is 10.9. The lowest BCUT2D eigenvalue weighted by Gasteiger charge is -2.30. The molecule has 0 aliphatic carbocycles. The lowest BCUT2D eigenvalue weighted by Crippen LogP contribution is -2.40. The van der Waals surface area contributed by atoms with Gasteiger partial charge in [-0.05, 0) is 70.2 Å². The number of rotatable bonds is 9. The molecule has 1 amide bonds. The van der Waals surface area contributed by atoms with E-state index in [-0.39, 0.29) is 18.3 Å². The quantitative estimate of drug-likeness (QED) is 0.313. The number of carbonyl (C=O) groups is 1. The standard InChI is InChI=1S/C14H24N2S.C10H10N2O3S/c1-11(2)16(12(3)4)10-9-15-13-5-7-14(17)8-6-13;1-15-5-9(14)12-10-11-7-3-2-6(13)4-8(7)16-10/h5-8,11-12,15,17H,9-10H2,1-4H3;2-4,13H,5H2,1H3,(H,11,12,14). The minimum atomic E-state index is -0.245. The van der Waals surface area contributed by atoms with Crippen molar-refractivity contribution in [3.05, 3.63) is 42.5 Å². The van der Waals surface area contributed by atoms with E-state index in [2.05, 4.69) is 73.0 Å². The summed E-state index contributed by atoms with van der Waals surface area (Å²) in [6, 6.07) is 14.2. The molecule has 0 atom stereocenters. The smallest absolute Gasteiger partial charge is 0.252 e. The third kappa shape index (κ3) is 9.21. The van der Waals surface area contributed by atoms with Gasteiger partial charge in [-0.1, -0.05) is 11.3 Å². The number of nitrogens with zero attached hydrogens (tertiary/aromatic N) is 2. The highest BCUT2D eigenvalue weighted by Gasteiger charge is 2.12. The van der Waals surface area contributed by atoms with E-state index in [9.17, 15) is 9.90 Å². The normalized spacial score (nSPS) is 11.1. The first-order valence-corrected chi connectivity index (χ1v) is 12.1. The van der Waals surface area contributed by atoms with Crippen LogP contribution in [-0.4, -0.2) is 59.8 Å². The van der Waals surface area contributed by atoms with E-state index in [4.69, 9.17) is 4.74 Å². The summed E-state index contributed by atoms with van der Waals surface area (Å²) in [5.74, 6) is -0.0586. The number of hydrogen-bond acceptors (Lipinski definition) is 8. The summed E-state index contributed by atoms with van der Waals surface area (Å²) in [6.07, 6.45) is 0. The van der Waals surface area contributed by atoms with Crippen molar-refractivity contribution in [3.8, 4) is 5.75 Å². The monoisotopic (exact) mass is 490 g/mol. The van der Waals surface area contributed by atoms with Gasteiger partial charge in [0.1, 0.15) is 12.4 Å². The molecule has 0 fully saturated rings. The SMILES string of the molecule is CC(C)N(CCNc1ccc(S)cc1)C(C)C.COCC(=O)Nc1nc2ccc(O)cc2s1. The van der Waals surface area contributed by atoms with Crippen LogP contribution in [-0.2, 0) is 9.53 Å². The zero-order valence-electron chi connectivity index (χ0n) is 19.8. The third-order valence-corrected chi connectivity index (χ3v) is 6.02. The van der Waals surface area contributed by atoms with Gasteiger partial charge in [0.25, 0.3) is 5.91 Å². The van der Waals surface area contributed by atoms with Gasteiger partial charge in [-0.15, -0.1) is 12.6 Å². The first-order chi connectivity index (χ1) is 15.7. The predicted molar refractivity (Wildman–Crippen MR) is 141 cm³/mol. The van der Waals surface area contributed by atoms with Gasteiger partial charge in [-0.2, -0.15) is 0 Å². The Morgan fingerprint density at radius 1 is 1.15 bits per heavy atom. The maximum Gasteiger partial charge on any atom is 0.252 e. The first kappa shape index (κ1) is 26.9. The Balaban J connectivity index is 0.000000234. The van der Waals surface area contributed by atoms with Gasteiger partial charge >= 0.3 is 0 Å². The second-order valence-corrected chi connectivity index (χ2v) is 9.60.